The summed E-state index contributed by atoms with van der Waals surface area (Å²) >= 11 is 0. The third-order valence-corrected chi connectivity index (χ3v) is 4.62. The molecule has 0 radical (unpaired) electrons. The summed E-state index contributed by atoms with van der Waals surface area (Å²) in [5, 5.41) is 15.3. The molecule has 3 aromatic rings. The maximum absolute atomic E-state index is 13.3. The number of hydrogen-bond donors (Lipinski definition) is 1. The Labute approximate surface area is 149 Å². The van der Waals surface area contributed by atoms with Gasteiger partial charge in [-0.2, -0.15) is 0 Å². The van der Waals surface area contributed by atoms with Crippen LogP contribution in [0.1, 0.15) is 29.6 Å². The molecule has 1 aromatic heterocycles. The Balaban J connectivity index is 1.78. The lowest BCUT2D eigenvalue weighted by Gasteiger charge is -2.31. The van der Waals surface area contributed by atoms with Gasteiger partial charge in [0, 0.05) is 5.56 Å². The minimum Gasteiger partial charge on any atom is -0.493 e. The Bertz CT molecular complexity index is 912. The van der Waals surface area contributed by atoms with Crippen LogP contribution >= 0.6 is 0 Å². The number of anilines is 1. The summed E-state index contributed by atoms with van der Waals surface area (Å²) in [5.41, 5.74) is 1.89. The van der Waals surface area contributed by atoms with E-state index in [0.29, 0.717) is 23.9 Å². The van der Waals surface area contributed by atoms with Crippen molar-refractivity contribution < 1.29 is 13.9 Å². The van der Waals surface area contributed by atoms with Crippen molar-refractivity contribution in [2.75, 3.05) is 19.5 Å². The van der Waals surface area contributed by atoms with Crippen molar-refractivity contribution in [3.05, 3.63) is 59.4 Å². The molecule has 0 spiro atoms. The standard InChI is InChI=1S/C18H18FN5O2/c1-25-16-5-3-4-13(17(16)26-2)15-10-14(11-6-8-12(19)9-7-11)20-18-21-22-23-24(15)18/h3-9,14-15H,10H2,1-2H3,(H,20,21,23)/t14-,15-/m1/s1. The van der Waals surface area contributed by atoms with Crippen molar-refractivity contribution in [2.45, 2.75) is 18.5 Å². The molecule has 134 valence electrons. The Hall–Kier alpha value is -3.16. The Kier molecular flexibility index (Phi) is 4.16. The van der Waals surface area contributed by atoms with E-state index in [0.717, 1.165) is 11.1 Å². The average Bonchev–Trinajstić information content (AvgIpc) is 3.15. The minimum atomic E-state index is -0.264. The minimum absolute atomic E-state index is 0.0602. The number of nitrogens with zero attached hydrogens (tertiary/aromatic N) is 4. The van der Waals surface area contributed by atoms with Crippen LogP contribution in [-0.2, 0) is 0 Å². The molecule has 0 bridgehead atoms. The largest absolute Gasteiger partial charge is 0.493 e. The highest BCUT2D eigenvalue weighted by Gasteiger charge is 2.33. The zero-order valence-corrected chi connectivity index (χ0v) is 14.4. The number of benzene rings is 2. The summed E-state index contributed by atoms with van der Waals surface area (Å²) in [4.78, 5) is 0. The second-order valence-electron chi connectivity index (χ2n) is 6.03. The maximum Gasteiger partial charge on any atom is 0.243 e. The van der Waals surface area contributed by atoms with Crippen LogP contribution in [0.3, 0.4) is 0 Å². The Morgan fingerprint density at radius 1 is 1.12 bits per heavy atom. The van der Waals surface area contributed by atoms with Gasteiger partial charge in [0.05, 0.1) is 26.3 Å². The van der Waals surface area contributed by atoms with E-state index in [2.05, 4.69) is 20.8 Å². The van der Waals surface area contributed by atoms with E-state index in [1.165, 1.54) is 12.1 Å². The topological polar surface area (TPSA) is 74.1 Å². The second-order valence-corrected chi connectivity index (χ2v) is 6.03. The molecule has 7 nitrogen and oxygen atoms in total. The SMILES string of the molecule is COc1cccc([C@H]2C[C@H](c3ccc(F)cc3)Nc3nnnn32)c1OC. The van der Waals surface area contributed by atoms with Crippen molar-refractivity contribution in [2.24, 2.45) is 0 Å². The number of fused-ring (bicyclic) bond motifs is 1. The van der Waals surface area contributed by atoms with Gasteiger partial charge in [0.15, 0.2) is 11.5 Å². The van der Waals surface area contributed by atoms with E-state index in [4.69, 9.17) is 9.47 Å². The van der Waals surface area contributed by atoms with Crippen molar-refractivity contribution in [1.29, 1.82) is 0 Å². The fourth-order valence-electron chi connectivity index (χ4n) is 3.38. The maximum atomic E-state index is 13.3. The predicted molar refractivity (Wildman–Crippen MR) is 92.9 cm³/mol. The van der Waals surface area contributed by atoms with E-state index in [9.17, 15) is 4.39 Å². The molecular weight excluding hydrogens is 337 g/mol. The summed E-state index contributed by atoms with van der Waals surface area (Å²) in [6.07, 6.45) is 0.674. The highest BCUT2D eigenvalue weighted by Crippen LogP contribution is 2.43. The Morgan fingerprint density at radius 3 is 2.65 bits per heavy atom. The van der Waals surface area contributed by atoms with Gasteiger partial charge < -0.3 is 14.8 Å². The van der Waals surface area contributed by atoms with Gasteiger partial charge in [-0.3, -0.25) is 0 Å². The second kappa shape index (κ2) is 6.62. The van der Waals surface area contributed by atoms with Crippen LogP contribution < -0.4 is 14.8 Å². The number of ether oxygens (including phenoxy) is 2. The van der Waals surface area contributed by atoms with E-state index < -0.39 is 0 Å². The van der Waals surface area contributed by atoms with E-state index in [-0.39, 0.29) is 17.9 Å². The number of nitrogens with one attached hydrogen (secondary N) is 1. The molecular formula is C18H18FN5O2. The smallest absolute Gasteiger partial charge is 0.243 e. The van der Waals surface area contributed by atoms with Crippen LogP contribution in [0, 0.1) is 5.82 Å². The molecule has 8 heteroatoms. The van der Waals surface area contributed by atoms with Crippen LogP contribution in [0.2, 0.25) is 0 Å². The molecule has 2 aromatic carbocycles. The molecule has 0 saturated carbocycles. The van der Waals surface area contributed by atoms with E-state index in [1.54, 1.807) is 31.0 Å². The molecule has 1 N–H and O–H groups in total. The van der Waals surface area contributed by atoms with Crippen LogP contribution in [-0.4, -0.2) is 34.4 Å². The first kappa shape index (κ1) is 16.3. The molecule has 0 aliphatic carbocycles. The van der Waals surface area contributed by atoms with E-state index >= 15 is 0 Å². The first-order valence-corrected chi connectivity index (χ1v) is 8.22. The van der Waals surface area contributed by atoms with Gasteiger partial charge in [0.1, 0.15) is 5.82 Å². The van der Waals surface area contributed by atoms with Crippen molar-refractivity contribution in [3.8, 4) is 11.5 Å². The number of rotatable bonds is 4. The molecule has 26 heavy (non-hydrogen) atoms. The molecule has 1 aliphatic heterocycles. The van der Waals surface area contributed by atoms with Crippen molar-refractivity contribution in [3.63, 3.8) is 0 Å². The summed E-state index contributed by atoms with van der Waals surface area (Å²) in [7, 11) is 3.22. The number of hydrogen-bond acceptors (Lipinski definition) is 6. The van der Waals surface area contributed by atoms with Crippen LogP contribution in [0.15, 0.2) is 42.5 Å². The first-order chi connectivity index (χ1) is 12.7. The average molecular weight is 355 g/mol. The molecule has 0 amide bonds. The highest BCUT2D eigenvalue weighted by molar-refractivity contribution is 5.50. The number of halogens is 1. The summed E-state index contributed by atoms with van der Waals surface area (Å²) in [5.74, 6) is 1.60. The number of para-hydroxylation sites is 1. The van der Waals surface area contributed by atoms with Crippen LogP contribution in [0.25, 0.3) is 0 Å². The fourth-order valence-corrected chi connectivity index (χ4v) is 3.38. The first-order valence-electron chi connectivity index (χ1n) is 8.22. The molecule has 2 atom stereocenters. The van der Waals surface area contributed by atoms with Crippen LogP contribution in [0.4, 0.5) is 10.3 Å². The molecule has 4 rings (SSSR count). The quantitative estimate of drug-likeness (QED) is 0.776. The van der Waals surface area contributed by atoms with Gasteiger partial charge in [-0.25, -0.2) is 9.07 Å². The lowest BCUT2D eigenvalue weighted by atomic mass is 9.92. The highest BCUT2D eigenvalue weighted by atomic mass is 19.1. The number of aromatic nitrogens is 4. The molecule has 0 unspecified atom stereocenters. The summed E-state index contributed by atoms with van der Waals surface area (Å²) in [6.45, 7) is 0. The Morgan fingerprint density at radius 2 is 1.92 bits per heavy atom. The third-order valence-electron chi connectivity index (χ3n) is 4.62. The predicted octanol–water partition coefficient (Wildman–Crippen LogP) is 2.98. The summed E-state index contributed by atoms with van der Waals surface area (Å²) in [6, 6.07) is 12.0. The monoisotopic (exact) mass is 355 g/mol. The van der Waals surface area contributed by atoms with E-state index in [1.807, 2.05) is 18.2 Å². The van der Waals surface area contributed by atoms with Gasteiger partial charge in [-0.05, 0) is 40.6 Å². The molecule has 0 saturated heterocycles. The lowest BCUT2D eigenvalue weighted by Crippen LogP contribution is -2.28. The molecule has 1 aliphatic rings. The zero-order chi connectivity index (χ0) is 18.1. The summed E-state index contributed by atoms with van der Waals surface area (Å²) < 4.78 is 26.0. The zero-order valence-electron chi connectivity index (χ0n) is 14.4. The number of methoxy groups -OCH3 is 2. The molecule has 2 heterocycles. The van der Waals surface area contributed by atoms with Gasteiger partial charge in [0.2, 0.25) is 5.95 Å². The normalized spacial score (nSPS) is 18.7. The third kappa shape index (κ3) is 2.73. The lowest BCUT2D eigenvalue weighted by molar-refractivity contribution is 0.339. The van der Waals surface area contributed by atoms with Gasteiger partial charge >= 0.3 is 0 Å². The van der Waals surface area contributed by atoms with Gasteiger partial charge in [-0.1, -0.05) is 29.4 Å². The van der Waals surface area contributed by atoms with Crippen LogP contribution in [0.5, 0.6) is 11.5 Å². The fraction of sp³-hybridized carbons (Fsp3) is 0.278. The van der Waals surface area contributed by atoms with Gasteiger partial charge in [-0.15, -0.1) is 0 Å². The van der Waals surface area contributed by atoms with Crippen molar-refractivity contribution in [1.82, 2.24) is 20.2 Å². The van der Waals surface area contributed by atoms with Gasteiger partial charge in [0.25, 0.3) is 0 Å². The number of tetrazole rings is 1. The van der Waals surface area contributed by atoms with Crippen molar-refractivity contribution >= 4 is 5.95 Å². The molecule has 0 fully saturated rings.